The van der Waals surface area contributed by atoms with Gasteiger partial charge in [-0.05, 0) is 12.1 Å². The van der Waals surface area contributed by atoms with Crippen molar-refractivity contribution >= 4 is 17.6 Å². The molecule has 8 heteroatoms. The number of ether oxygens (including phenoxy) is 1. The first-order valence-electron chi connectivity index (χ1n) is 9.56. The van der Waals surface area contributed by atoms with Gasteiger partial charge in [0.2, 0.25) is 5.95 Å². The van der Waals surface area contributed by atoms with Crippen LogP contribution in [0.5, 0.6) is 5.75 Å². The number of hydrogen-bond donors (Lipinski definition) is 1. The van der Waals surface area contributed by atoms with Gasteiger partial charge in [-0.25, -0.2) is 4.98 Å². The Morgan fingerprint density at radius 1 is 1.25 bits per heavy atom. The molecule has 0 radical (unpaired) electrons. The molecule has 1 aliphatic heterocycles. The zero-order chi connectivity index (χ0) is 20.1. The predicted molar refractivity (Wildman–Crippen MR) is 115 cm³/mol. The number of nitrogens with one attached hydrogen (secondary N) is 1. The first-order valence-corrected chi connectivity index (χ1v) is 9.56. The molecule has 2 heterocycles. The van der Waals surface area contributed by atoms with Gasteiger partial charge in [-0.3, -0.25) is 4.99 Å². The number of aromatic nitrogens is 2. The van der Waals surface area contributed by atoms with Gasteiger partial charge in [0, 0.05) is 66.1 Å². The summed E-state index contributed by atoms with van der Waals surface area (Å²) in [7, 11) is 9.58. The van der Waals surface area contributed by atoms with Crippen LogP contribution >= 0.6 is 0 Å². The van der Waals surface area contributed by atoms with Crippen LogP contribution in [-0.2, 0) is 13.6 Å². The van der Waals surface area contributed by atoms with Crippen LogP contribution in [0, 0.1) is 0 Å². The summed E-state index contributed by atoms with van der Waals surface area (Å²) in [5.41, 5.74) is 2.33. The fourth-order valence-electron chi connectivity index (χ4n) is 3.50. The molecule has 152 valence electrons. The lowest BCUT2D eigenvalue weighted by molar-refractivity contribution is 0.371. The lowest BCUT2D eigenvalue weighted by Crippen LogP contribution is -2.52. The second-order valence-electron chi connectivity index (χ2n) is 7.08. The van der Waals surface area contributed by atoms with Gasteiger partial charge >= 0.3 is 0 Å². The molecular weight excluding hydrogens is 354 g/mol. The molecule has 2 aromatic rings. The SMILES string of the molecule is CN=C(NCc1cnc(N(C)C)n1C)N1CCN(c2cccc(OC)c2)CC1. The number of rotatable bonds is 5. The molecule has 0 unspecified atom stereocenters. The molecule has 0 bridgehead atoms. The Hall–Kier alpha value is -2.90. The van der Waals surface area contributed by atoms with Crippen LogP contribution in [0.4, 0.5) is 11.6 Å². The largest absolute Gasteiger partial charge is 0.497 e. The summed E-state index contributed by atoms with van der Waals surface area (Å²) in [6.45, 7) is 4.44. The van der Waals surface area contributed by atoms with Gasteiger partial charge in [0.05, 0.1) is 25.5 Å². The minimum Gasteiger partial charge on any atom is -0.497 e. The lowest BCUT2D eigenvalue weighted by atomic mass is 10.2. The number of guanidine groups is 1. The Kier molecular flexibility index (Phi) is 6.28. The first kappa shape index (κ1) is 19.9. The number of piperazine rings is 1. The lowest BCUT2D eigenvalue weighted by Gasteiger charge is -2.37. The van der Waals surface area contributed by atoms with E-state index in [1.807, 2.05) is 51.4 Å². The third-order valence-electron chi connectivity index (χ3n) is 5.10. The van der Waals surface area contributed by atoms with Crippen LogP contribution < -0.4 is 19.9 Å². The second-order valence-corrected chi connectivity index (χ2v) is 7.08. The van der Waals surface area contributed by atoms with Gasteiger partial charge in [-0.1, -0.05) is 6.07 Å². The highest BCUT2D eigenvalue weighted by atomic mass is 16.5. The monoisotopic (exact) mass is 385 g/mol. The summed E-state index contributed by atoms with van der Waals surface area (Å²) in [6.07, 6.45) is 1.91. The van der Waals surface area contributed by atoms with Crippen molar-refractivity contribution in [3.05, 3.63) is 36.2 Å². The Bertz CT molecular complexity index is 807. The Balaban J connectivity index is 1.56. The van der Waals surface area contributed by atoms with Gasteiger partial charge in [0.25, 0.3) is 0 Å². The summed E-state index contributed by atoms with van der Waals surface area (Å²) < 4.78 is 7.44. The normalized spacial score (nSPS) is 15.0. The summed E-state index contributed by atoms with van der Waals surface area (Å²) in [5, 5.41) is 3.48. The summed E-state index contributed by atoms with van der Waals surface area (Å²) >= 11 is 0. The molecule has 1 saturated heterocycles. The molecule has 1 aromatic carbocycles. The number of imidazole rings is 1. The average Bonchev–Trinajstić information content (AvgIpc) is 3.09. The predicted octanol–water partition coefficient (Wildman–Crippen LogP) is 1.39. The van der Waals surface area contributed by atoms with E-state index in [1.165, 1.54) is 5.69 Å². The maximum absolute atomic E-state index is 5.35. The smallest absolute Gasteiger partial charge is 0.204 e. The van der Waals surface area contributed by atoms with Crippen molar-refractivity contribution in [2.24, 2.45) is 12.0 Å². The van der Waals surface area contributed by atoms with Crippen LogP contribution in [-0.4, -0.2) is 74.8 Å². The molecular formula is C20H31N7O. The quantitative estimate of drug-likeness (QED) is 0.620. The van der Waals surface area contributed by atoms with Crippen molar-refractivity contribution in [2.75, 3.05) is 64.2 Å². The number of methoxy groups -OCH3 is 1. The van der Waals surface area contributed by atoms with Crippen LogP contribution in [0.3, 0.4) is 0 Å². The Morgan fingerprint density at radius 3 is 2.61 bits per heavy atom. The minimum atomic E-state index is 0.695. The standard InChI is InChI=1S/C20H31N7O/c1-21-19(22-14-17-15-23-20(24(2)3)25(17)4)27-11-9-26(10-12-27)16-7-6-8-18(13-16)28-5/h6-8,13,15H,9-12,14H2,1-5H3,(H,21,22). The highest BCUT2D eigenvalue weighted by molar-refractivity contribution is 5.80. The highest BCUT2D eigenvalue weighted by Gasteiger charge is 2.20. The molecule has 0 saturated carbocycles. The van der Waals surface area contributed by atoms with Crippen molar-refractivity contribution in [2.45, 2.75) is 6.54 Å². The number of nitrogens with zero attached hydrogens (tertiary/aromatic N) is 6. The molecule has 1 N–H and O–H groups in total. The summed E-state index contributed by atoms with van der Waals surface area (Å²) in [5.74, 6) is 2.77. The molecule has 1 aliphatic rings. The van der Waals surface area contributed by atoms with Gasteiger partial charge in [0.1, 0.15) is 5.75 Å². The van der Waals surface area contributed by atoms with E-state index in [-0.39, 0.29) is 0 Å². The zero-order valence-corrected chi connectivity index (χ0v) is 17.5. The van der Waals surface area contributed by atoms with Crippen molar-refractivity contribution < 1.29 is 4.74 Å². The van der Waals surface area contributed by atoms with E-state index in [1.54, 1.807) is 7.11 Å². The molecule has 8 nitrogen and oxygen atoms in total. The minimum absolute atomic E-state index is 0.695. The van der Waals surface area contributed by atoms with Gasteiger partial charge in [0.15, 0.2) is 5.96 Å². The number of benzene rings is 1. The first-order chi connectivity index (χ1) is 13.5. The molecule has 3 rings (SSSR count). The van der Waals surface area contributed by atoms with E-state index in [0.29, 0.717) is 6.54 Å². The molecule has 0 atom stereocenters. The van der Waals surface area contributed by atoms with Crippen molar-refractivity contribution in [1.82, 2.24) is 19.8 Å². The molecule has 28 heavy (non-hydrogen) atoms. The number of hydrogen-bond acceptors (Lipinski definition) is 5. The Labute approximate surface area is 167 Å². The third-order valence-corrected chi connectivity index (χ3v) is 5.10. The van der Waals surface area contributed by atoms with E-state index in [9.17, 15) is 0 Å². The average molecular weight is 386 g/mol. The highest BCUT2D eigenvalue weighted by Crippen LogP contribution is 2.22. The summed E-state index contributed by atoms with van der Waals surface area (Å²) in [6, 6.07) is 8.24. The number of aliphatic imine (C=N–C) groups is 1. The van der Waals surface area contributed by atoms with Crippen molar-refractivity contribution in [3.8, 4) is 5.75 Å². The molecule has 1 aromatic heterocycles. The van der Waals surface area contributed by atoms with Gasteiger partial charge in [-0.15, -0.1) is 0 Å². The third kappa shape index (κ3) is 4.32. The van der Waals surface area contributed by atoms with E-state index in [4.69, 9.17) is 4.74 Å². The fraction of sp³-hybridized carbons (Fsp3) is 0.500. The van der Waals surface area contributed by atoms with Crippen LogP contribution in [0.2, 0.25) is 0 Å². The van der Waals surface area contributed by atoms with Crippen molar-refractivity contribution in [1.29, 1.82) is 0 Å². The summed E-state index contributed by atoms with van der Waals surface area (Å²) in [4.78, 5) is 15.6. The molecule has 0 aliphatic carbocycles. The number of anilines is 2. The maximum atomic E-state index is 5.35. The van der Waals surface area contributed by atoms with E-state index >= 15 is 0 Å². The van der Waals surface area contributed by atoms with Crippen molar-refractivity contribution in [3.63, 3.8) is 0 Å². The van der Waals surface area contributed by atoms with E-state index in [2.05, 4.69) is 41.8 Å². The molecule has 1 fully saturated rings. The molecule has 0 amide bonds. The fourth-order valence-corrected chi connectivity index (χ4v) is 3.50. The zero-order valence-electron chi connectivity index (χ0n) is 17.5. The van der Waals surface area contributed by atoms with E-state index < -0.39 is 0 Å². The van der Waals surface area contributed by atoms with Gasteiger partial charge in [-0.2, -0.15) is 0 Å². The van der Waals surface area contributed by atoms with Crippen LogP contribution in [0.1, 0.15) is 5.69 Å². The topological polar surface area (TPSA) is 61.2 Å². The second kappa shape index (κ2) is 8.86. The van der Waals surface area contributed by atoms with Crippen LogP contribution in [0.15, 0.2) is 35.5 Å². The van der Waals surface area contributed by atoms with E-state index in [0.717, 1.165) is 49.5 Å². The Morgan fingerprint density at radius 2 is 2.00 bits per heavy atom. The van der Waals surface area contributed by atoms with Gasteiger partial charge < -0.3 is 29.3 Å². The molecule has 0 spiro atoms. The maximum Gasteiger partial charge on any atom is 0.204 e. The van der Waals surface area contributed by atoms with Crippen LogP contribution in [0.25, 0.3) is 0 Å².